The predicted octanol–water partition coefficient (Wildman–Crippen LogP) is 5.86. The molecular weight excluding hydrogens is 516 g/mol. The number of pyridine rings is 1. The first-order valence-corrected chi connectivity index (χ1v) is 12.4. The number of nitrogens with zero attached hydrogens (tertiary/aromatic N) is 1. The first kappa shape index (κ1) is 22.6. The maximum atomic E-state index is 13.1. The number of ether oxygens (including phenoxy) is 2. The molecule has 1 atom stereocenters. The van der Waals surface area contributed by atoms with E-state index in [2.05, 4.69) is 25.9 Å². The number of Topliss-reactive ketones (excluding diaryl/α,β-unsaturated/α-hetero) is 1. The summed E-state index contributed by atoms with van der Waals surface area (Å²) in [6, 6.07) is 15.2. The van der Waals surface area contributed by atoms with Crippen LogP contribution in [0.2, 0.25) is 0 Å². The van der Waals surface area contributed by atoms with Crippen LogP contribution in [0.4, 0.5) is 0 Å². The van der Waals surface area contributed by atoms with Gasteiger partial charge in [-0.2, -0.15) is 0 Å². The van der Waals surface area contributed by atoms with Crippen molar-refractivity contribution in [2.45, 2.75) is 18.8 Å². The number of H-pyrrole nitrogens is 1. The Balaban J connectivity index is 1.46. The van der Waals surface area contributed by atoms with Crippen LogP contribution in [0.1, 0.15) is 34.0 Å². The summed E-state index contributed by atoms with van der Waals surface area (Å²) in [5, 5.41) is 2.52. The fourth-order valence-electron chi connectivity index (χ4n) is 4.28. The lowest BCUT2D eigenvalue weighted by Crippen LogP contribution is -2.24. The van der Waals surface area contributed by atoms with Gasteiger partial charge in [0.25, 0.3) is 5.56 Å². The van der Waals surface area contributed by atoms with E-state index in [-0.39, 0.29) is 17.3 Å². The first-order valence-electron chi connectivity index (χ1n) is 10.7. The van der Waals surface area contributed by atoms with Crippen molar-refractivity contribution in [3.63, 3.8) is 0 Å². The van der Waals surface area contributed by atoms with Gasteiger partial charge in [0.05, 0.1) is 25.5 Å². The molecule has 0 saturated heterocycles. The summed E-state index contributed by atoms with van der Waals surface area (Å²) in [5.41, 5.74) is 4.14. The maximum absolute atomic E-state index is 13.1. The van der Waals surface area contributed by atoms with Crippen LogP contribution in [0, 0.1) is 0 Å². The van der Waals surface area contributed by atoms with Gasteiger partial charge in [0, 0.05) is 33.1 Å². The third kappa shape index (κ3) is 4.19. The SMILES string of the molecule is COc1ccc(C2CC(=O)c3cc(-c4nc(-c5ccc(Br)cc5)cs4)c(=O)[nH]c3C2)cc1OC. The number of thiazole rings is 1. The average molecular weight is 537 g/mol. The summed E-state index contributed by atoms with van der Waals surface area (Å²) >= 11 is 4.83. The minimum absolute atomic E-state index is 0.00299. The Morgan fingerprint density at radius 2 is 1.74 bits per heavy atom. The average Bonchev–Trinajstić information content (AvgIpc) is 3.33. The van der Waals surface area contributed by atoms with Crippen LogP contribution in [-0.2, 0) is 6.42 Å². The van der Waals surface area contributed by atoms with Crippen LogP contribution < -0.4 is 15.0 Å². The molecule has 1 unspecified atom stereocenters. The van der Waals surface area contributed by atoms with Gasteiger partial charge in [0.1, 0.15) is 5.01 Å². The number of halogens is 1. The standard InChI is InChI=1S/C26H21BrN2O4S/c1-32-23-8-5-15(11-24(23)33-2)16-9-20-18(22(30)10-16)12-19(25(31)28-20)26-29-21(13-34-26)14-3-6-17(27)7-4-14/h3-8,11-13,16H,9-10H2,1-2H3,(H,28,31). The highest BCUT2D eigenvalue weighted by Crippen LogP contribution is 2.37. The number of benzene rings is 2. The number of hydrogen-bond donors (Lipinski definition) is 1. The summed E-state index contributed by atoms with van der Waals surface area (Å²) in [6.45, 7) is 0. The Bertz CT molecular complexity index is 1440. The maximum Gasteiger partial charge on any atom is 0.258 e. The molecule has 172 valence electrons. The molecular formula is C26H21BrN2O4S. The van der Waals surface area contributed by atoms with E-state index in [1.54, 1.807) is 20.3 Å². The van der Waals surface area contributed by atoms with Crippen molar-refractivity contribution in [1.29, 1.82) is 0 Å². The van der Waals surface area contributed by atoms with Crippen LogP contribution in [0.3, 0.4) is 0 Å². The minimum Gasteiger partial charge on any atom is -0.493 e. The van der Waals surface area contributed by atoms with Crippen molar-refractivity contribution >= 4 is 33.0 Å². The van der Waals surface area contributed by atoms with E-state index in [0.29, 0.717) is 46.2 Å². The van der Waals surface area contributed by atoms with Gasteiger partial charge in [-0.05, 0) is 48.2 Å². The molecule has 0 amide bonds. The lowest BCUT2D eigenvalue weighted by molar-refractivity contribution is 0.0963. The zero-order valence-electron chi connectivity index (χ0n) is 18.6. The van der Waals surface area contributed by atoms with Gasteiger partial charge in [-0.15, -0.1) is 11.3 Å². The number of aromatic nitrogens is 2. The number of aromatic amines is 1. The van der Waals surface area contributed by atoms with Crippen LogP contribution in [0.5, 0.6) is 11.5 Å². The molecule has 1 N–H and O–H groups in total. The molecule has 5 rings (SSSR count). The highest BCUT2D eigenvalue weighted by atomic mass is 79.9. The second-order valence-electron chi connectivity index (χ2n) is 8.09. The largest absolute Gasteiger partial charge is 0.493 e. The fourth-order valence-corrected chi connectivity index (χ4v) is 5.39. The molecule has 0 bridgehead atoms. The molecule has 34 heavy (non-hydrogen) atoms. The molecule has 2 aromatic carbocycles. The van der Waals surface area contributed by atoms with Crippen molar-refractivity contribution in [3.8, 4) is 33.3 Å². The quantitative estimate of drug-likeness (QED) is 0.345. The number of nitrogens with one attached hydrogen (secondary N) is 1. The highest BCUT2D eigenvalue weighted by Gasteiger charge is 2.29. The molecule has 8 heteroatoms. The van der Waals surface area contributed by atoms with Crippen molar-refractivity contribution in [3.05, 3.63) is 85.6 Å². The summed E-state index contributed by atoms with van der Waals surface area (Å²) < 4.78 is 11.7. The smallest absolute Gasteiger partial charge is 0.258 e. The van der Waals surface area contributed by atoms with Crippen LogP contribution in [0.25, 0.3) is 21.8 Å². The monoisotopic (exact) mass is 536 g/mol. The summed E-state index contributed by atoms with van der Waals surface area (Å²) in [4.78, 5) is 33.7. The van der Waals surface area contributed by atoms with E-state index in [0.717, 1.165) is 21.3 Å². The second kappa shape index (κ2) is 9.19. The number of carbonyl (C=O) groups is 1. The van der Waals surface area contributed by atoms with Gasteiger partial charge in [-0.25, -0.2) is 4.98 Å². The molecule has 1 aliphatic carbocycles. The zero-order chi connectivity index (χ0) is 23.8. The third-order valence-corrected chi connectivity index (χ3v) is 7.46. The van der Waals surface area contributed by atoms with Crippen LogP contribution in [0.15, 0.2) is 63.2 Å². The molecule has 4 aromatic rings. The van der Waals surface area contributed by atoms with E-state index >= 15 is 0 Å². The van der Waals surface area contributed by atoms with Crippen LogP contribution >= 0.6 is 27.3 Å². The number of ketones is 1. The number of methoxy groups -OCH3 is 2. The van der Waals surface area contributed by atoms with Crippen molar-refractivity contribution in [2.75, 3.05) is 14.2 Å². The Morgan fingerprint density at radius 3 is 2.47 bits per heavy atom. The number of carbonyl (C=O) groups excluding carboxylic acids is 1. The van der Waals surface area contributed by atoms with Crippen LogP contribution in [-0.4, -0.2) is 30.0 Å². The normalized spacial score (nSPS) is 15.1. The number of fused-ring (bicyclic) bond motifs is 1. The van der Waals surface area contributed by atoms with Gasteiger partial charge in [-0.1, -0.05) is 34.1 Å². The van der Waals surface area contributed by atoms with Gasteiger partial charge in [-0.3, -0.25) is 9.59 Å². The molecule has 0 saturated carbocycles. The Labute approximate surface area is 208 Å². The zero-order valence-corrected chi connectivity index (χ0v) is 21.0. The first-order chi connectivity index (χ1) is 16.5. The van der Waals surface area contributed by atoms with E-state index in [9.17, 15) is 9.59 Å². The predicted molar refractivity (Wildman–Crippen MR) is 136 cm³/mol. The second-order valence-corrected chi connectivity index (χ2v) is 9.87. The molecule has 2 heterocycles. The molecule has 0 spiro atoms. The molecule has 0 fully saturated rings. The fraction of sp³-hybridized carbons (Fsp3) is 0.192. The van der Waals surface area contributed by atoms with Gasteiger partial charge < -0.3 is 14.5 Å². The number of hydrogen-bond acceptors (Lipinski definition) is 6. The van der Waals surface area contributed by atoms with E-state index < -0.39 is 0 Å². The molecule has 1 aliphatic rings. The van der Waals surface area contributed by atoms with E-state index in [1.165, 1.54) is 11.3 Å². The van der Waals surface area contributed by atoms with Crippen molar-refractivity contribution < 1.29 is 14.3 Å². The van der Waals surface area contributed by atoms with Gasteiger partial charge in [0.15, 0.2) is 17.3 Å². The summed E-state index contributed by atoms with van der Waals surface area (Å²) in [7, 11) is 3.17. The summed E-state index contributed by atoms with van der Waals surface area (Å²) in [6.07, 6.45) is 0.921. The van der Waals surface area contributed by atoms with E-state index in [4.69, 9.17) is 9.47 Å². The Kier molecular flexibility index (Phi) is 6.10. The lowest BCUT2D eigenvalue weighted by atomic mass is 9.81. The molecule has 6 nitrogen and oxygen atoms in total. The van der Waals surface area contributed by atoms with Gasteiger partial charge in [0.2, 0.25) is 0 Å². The lowest BCUT2D eigenvalue weighted by Gasteiger charge is -2.24. The van der Waals surface area contributed by atoms with Crippen molar-refractivity contribution in [1.82, 2.24) is 9.97 Å². The topological polar surface area (TPSA) is 81.3 Å². The highest BCUT2D eigenvalue weighted by molar-refractivity contribution is 9.10. The molecule has 0 aliphatic heterocycles. The Hall–Kier alpha value is -3.23. The molecule has 0 radical (unpaired) electrons. The Morgan fingerprint density at radius 1 is 0.971 bits per heavy atom. The number of rotatable bonds is 5. The molecule has 2 aromatic heterocycles. The minimum atomic E-state index is -0.240. The van der Waals surface area contributed by atoms with Gasteiger partial charge >= 0.3 is 0 Å². The van der Waals surface area contributed by atoms with Crippen molar-refractivity contribution in [2.24, 2.45) is 0 Å². The van der Waals surface area contributed by atoms with E-state index in [1.807, 2.05) is 47.8 Å². The summed E-state index contributed by atoms with van der Waals surface area (Å²) in [5.74, 6) is 1.21. The third-order valence-electron chi connectivity index (χ3n) is 6.06.